The number of hydrogen-bond acceptors (Lipinski definition) is 8. The summed E-state index contributed by atoms with van der Waals surface area (Å²) in [6.07, 6.45) is 5.43. The minimum absolute atomic E-state index is 0.244. The molecule has 4 aromatic rings. The Hall–Kier alpha value is -3.70. The summed E-state index contributed by atoms with van der Waals surface area (Å²) in [7, 11) is -4.05. The summed E-state index contributed by atoms with van der Waals surface area (Å²) in [5, 5.41) is 8.02. The Morgan fingerprint density at radius 3 is 2.70 bits per heavy atom. The summed E-state index contributed by atoms with van der Waals surface area (Å²) in [5.74, 6) is -3.68. The molecule has 0 unspecified atom stereocenters. The first kappa shape index (κ1) is 27.9. The third-order valence-corrected chi connectivity index (χ3v) is 8.38. The molecule has 5 rings (SSSR count). The summed E-state index contributed by atoms with van der Waals surface area (Å²) in [6.45, 7) is 4.34. The van der Waals surface area contributed by atoms with Crippen molar-refractivity contribution < 1.29 is 21.9 Å². The van der Waals surface area contributed by atoms with Crippen LogP contribution in [0.1, 0.15) is 30.9 Å². The molecule has 1 saturated heterocycles. The lowest BCUT2D eigenvalue weighted by Gasteiger charge is -2.23. The number of fused-ring (bicyclic) bond motifs is 1. The van der Waals surface area contributed by atoms with Crippen molar-refractivity contribution >= 4 is 26.6 Å². The Bertz CT molecular complexity index is 1620. The first-order chi connectivity index (χ1) is 19.1. The van der Waals surface area contributed by atoms with E-state index in [4.69, 9.17) is 9.72 Å². The van der Waals surface area contributed by atoms with Crippen LogP contribution in [0, 0.1) is 6.92 Å². The number of nitrogens with zero attached hydrogens (tertiary/aromatic N) is 3. The standard InChI is InChI=1S/C29H31F2N5O3S/c1-19-10-11-22-20(17-40(37,38)18-29(2,30)31)6-3-8-23(22)26(19)39-27-24(9-5-14-33-27)25-12-15-34-28(36-25)35-21-7-4-13-32-16-21/h3,5-6,8-12,14-15,21,32H,4,7,13,16-18H2,1-2H3,(H,34,35,36)/t21-/m0/s1. The van der Waals surface area contributed by atoms with Crippen molar-refractivity contribution in [2.75, 3.05) is 24.2 Å². The Labute approximate surface area is 232 Å². The van der Waals surface area contributed by atoms with E-state index >= 15 is 0 Å². The molecule has 0 bridgehead atoms. The fourth-order valence-electron chi connectivity index (χ4n) is 4.94. The first-order valence-electron chi connectivity index (χ1n) is 13.1. The largest absolute Gasteiger partial charge is 0.437 e. The maximum absolute atomic E-state index is 13.5. The molecule has 1 fully saturated rings. The van der Waals surface area contributed by atoms with Crippen LogP contribution in [0.25, 0.3) is 22.0 Å². The molecule has 0 spiro atoms. The van der Waals surface area contributed by atoms with Gasteiger partial charge in [0.25, 0.3) is 5.92 Å². The number of pyridine rings is 1. The number of aromatic nitrogens is 3. The Morgan fingerprint density at radius 2 is 1.93 bits per heavy atom. The van der Waals surface area contributed by atoms with Gasteiger partial charge in [-0.25, -0.2) is 32.2 Å². The second-order valence-electron chi connectivity index (χ2n) is 10.2. The van der Waals surface area contributed by atoms with Gasteiger partial charge in [-0.05, 0) is 61.0 Å². The number of halogens is 2. The Kier molecular flexibility index (Phi) is 7.95. The maximum atomic E-state index is 13.5. The van der Waals surface area contributed by atoms with E-state index in [9.17, 15) is 17.2 Å². The van der Waals surface area contributed by atoms with E-state index in [1.165, 1.54) is 0 Å². The Balaban J connectivity index is 1.47. The van der Waals surface area contributed by atoms with Crippen LogP contribution in [-0.4, -0.2) is 54.2 Å². The van der Waals surface area contributed by atoms with Crippen molar-refractivity contribution in [2.24, 2.45) is 0 Å². The van der Waals surface area contributed by atoms with Crippen molar-refractivity contribution in [3.8, 4) is 22.9 Å². The second kappa shape index (κ2) is 11.4. The van der Waals surface area contributed by atoms with Gasteiger partial charge in [0.1, 0.15) is 11.5 Å². The van der Waals surface area contributed by atoms with E-state index < -0.39 is 27.3 Å². The molecule has 2 aromatic heterocycles. The van der Waals surface area contributed by atoms with Gasteiger partial charge >= 0.3 is 0 Å². The fraction of sp³-hybridized carbons (Fsp3) is 0.345. The van der Waals surface area contributed by atoms with Gasteiger partial charge < -0.3 is 15.4 Å². The van der Waals surface area contributed by atoms with Gasteiger partial charge in [-0.2, -0.15) is 0 Å². The number of aryl methyl sites for hydroxylation is 1. The number of piperidine rings is 1. The maximum Gasteiger partial charge on any atom is 0.259 e. The molecule has 8 nitrogen and oxygen atoms in total. The van der Waals surface area contributed by atoms with Crippen LogP contribution in [0.2, 0.25) is 0 Å². The topological polar surface area (TPSA) is 106 Å². The smallest absolute Gasteiger partial charge is 0.259 e. The van der Waals surface area contributed by atoms with Crippen molar-refractivity contribution in [3.63, 3.8) is 0 Å². The second-order valence-corrected chi connectivity index (χ2v) is 12.3. The first-order valence-corrected chi connectivity index (χ1v) is 14.9. The number of nitrogens with one attached hydrogen (secondary N) is 2. The zero-order valence-corrected chi connectivity index (χ0v) is 23.1. The average molecular weight is 568 g/mol. The molecular formula is C29H31F2N5O3S. The zero-order valence-electron chi connectivity index (χ0n) is 22.3. The fourth-order valence-corrected chi connectivity index (χ4v) is 6.54. The van der Waals surface area contributed by atoms with Crippen LogP contribution in [0.3, 0.4) is 0 Å². The molecule has 1 atom stereocenters. The van der Waals surface area contributed by atoms with Crippen LogP contribution in [0.5, 0.6) is 11.6 Å². The lowest BCUT2D eigenvalue weighted by atomic mass is 10.0. The van der Waals surface area contributed by atoms with E-state index in [1.807, 2.05) is 25.1 Å². The number of benzene rings is 2. The number of rotatable bonds is 9. The number of sulfone groups is 1. The molecule has 0 amide bonds. The van der Waals surface area contributed by atoms with Crippen molar-refractivity contribution in [1.29, 1.82) is 0 Å². The van der Waals surface area contributed by atoms with Gasteiger partial charge in [-0.1, -0.05) is 30.3 Å². The molecular weight excluding hydrogens is 536 g/mol. The van der Waals surface area contributed by atoms with Crippen molar-refractivity contribution in [2.45, 2.75) is 44.4 Å². The normalized spacial score (nSPS) is 16.1. The lowest BCUT2D eigenvalue weighted by Crippen LogP contribution is -2.38. The van der Waals surface area contributed by atoms with E-state index in [1.54, 1.807) is 42.7 Å². The highest BCUT2D eigenvalue weighted by atomic mass is 32.2. The molecule has 0 radical (unpaired) electrons. The SMILES string of the molecule is Cc1ccc2c(CS(=O)(=O)CC(C)(F)F)cccc2c1Oc1ncccc1-c1ccnc(N[C@H]2CCCNC2)n1. The predicted octanol–water partition coefficient (Wildman–Crippen LogP) is 5.53. The molecule has 1 aliphatic heterocycles. The third kappa shape index (κ3) is 6.71. The van der Waals surface area contributed by atoms with E-state index in [0.29, 0.717) is 52.1 Å². The van der Waals surface area contributed by atoms with Gasteiger partial charge in [-0.15, -0.1) is 0 Å². The van der Waals surface area contributed by atoms with Crippen LogP contribution in [0.15, 0.2) is 60.9 Å². The Morgan fingerprint density at radius 1 is 1.07 bits per heavy atom. The van der Waals surface area contributed by atoms with Crippen LogP contribution in [0.4, 0.5) is 14.7 Å². The minimum atomic E-state index is -4.05. The van der Waals surface area contributed by atoms with Gasteiger partial charge in [0, 0.05) is 37.3 Å². The number of anilines is 1. The van der Waals surface area contributed by atoms with Crippen LogP contribution >= 0.6 is 0 Å². The van der Waals surface area contributed by atoms with Gasteiger partial charge in [-0.3, -0.25) is 0 Å². The highest BCUT2D eigenvalue weighted by Crippen LogP contribution is 2.38. The molecule has 11 heteroatoms. The number of hydrogen-bond donors (Lipinski definition) is 2. The monoisotopic (exact) mass is 567 g/mol. The molecule has 0 saturated carbocycles. The molecule has 3 heterocycles. The van der Waals surface area contributed by atoms with Crippen LogP contribution < -0.4 is 15.4 Å². The average Bonchev–Trinajstić information content (AvgIpc) is 2.90. The number of ether oxygens (including phenoxy) is 1. The lowest BCUT2D eigenvalue weighted by molar-refractivity contribution is 0.0473. The summed E-state index contributed by atoms with van der Waals surface area (Å²) in [5.41, 5.74) is 2.53. The predicted molar refractivity (Wildman–Crippen MR) is 152 cm³/mol. The number of alkyl halides is 2. The van der Waals surface area contributed by atoms with Gasteiger partial charge in [0.15, 0.2) is 9.84 Å². The van der Waals surface area contributed by atoms with Gasteiger partial charge in [0.2, 0.25) is 11.8 Å². The molecule has 0 aliphatic carbocycles. The molecule has 2 N–H and O–H groups in total. The molecule has 1 aliphatic rings. The van der Waals surface area contributed by atoms with E-state index in [-0.39, 0.29) is 6.04 Å². The van der Waals surface area contributed by atoms with Gasteiger partial charge in [0.05, 0.1) is 17.0 Å². The van der Waals surface area contributed by atoms with Crippen molar-refractivity contribution in [1.82, 2.24) is 20.3 Å². The van der Waals surface area contributed by atoms with Crippen LogP contribution in [-0.2, 0) is 15.6 Å². The zero-order chi connectivity index (χ0) is 28.3. The third-order valence-electron chi connectivity index (χ3n) is 6.68. The highest BCUT2D eigenvalue weighted by molar-refractivity contribution is 7.90. The minimum Gasteiger partial charge on any atom is -0.437 e. The summed E-state index contributed by atoms with van der Waals surface area (Å²) in [4.78, 5) is 13.6. The highest BCUT2D eigenvalue weighted by Gasteiger charge is 2.30. The molecule has 210 valence electrons. The quantitative estimate of drug-likeness (QED) is 0.272. The van der Waals surface area contributed by atoms with E-state index in [2.05, 4.69) is 20.6 Å². The summed E-state index contributed by atoms with van der Waals surface area (Å²) < 4.78 is 58.4. The van der Waals surface area contributed by atoms with Crippen molar-refractivity contribution in [3.05, 3.63) is 72.1 Å². The van der Waals surface area contributed by atoms with E-state index in [0.717, 1.165) is 31.5 Å². The molecule has 40 heavy (non-hydrogen) atoms. The summed E-state index contributed by atoms with van der Waals surface area (Å²) in [6, 6.07) is 14.4. The molecule has 2 aromatic carbocycles. The summed E-state index contributed by atoms with van der Waals surface area (Å²) >= 11 is 0.